The van der Waals surface area contributed by atoms with Crippen molar-refractivity contribution in [1.29, 1.82) is 0 Å². The van der Waals surface area contributed by atoms with Gasteiger partial charge in [0.05, 0.1) is 0 Å². The maximum absolute atomic E-state index is 6.16. The van der Waals surface area contributed by atoms with Gasteiger partial charge in [-0.1, -0.05) is 67.2 Å². The van der Waals surface area contributed by atoms with Crippen molar-refractivity contribution >= 4 is 55.1 Å². The van der Waals surface area contributed by atoms with Crippen LogP contribution in [-0.2, 0) is 11.9 Å². The van der Waals surface area contributed by atoms with Gasteiger partial charge in [-0.2, -0.15) is 0 Å². The number of hydrogen-bond donors (Lipinski definition) is 0. The second-order valence-corrected chi connectivity index (χ2v) is 6.17. The first-order valence-corrected chi connectivity index (χ1v) is 8.19. The molecule has 2 aromatic carbocycles. The van der Waals surface area contributed by atoms with Crippen molar-refractivity contribution in [2.75, 3.05) is 0 Å². The Labute approximate surface area is 139 Å². The van der Waals surface area contributed by atoms with Crippen molar-refractivity contribution in [3.05, 3.63) is 62.0 Å². The van der Waals surface area contributed by atoms with Crippen molar-refractivity contribution in [3.63, 3.8) is 0 Å². The molecule has 0 saturated heterocycles. The molecular formula is C14H10Br2Cl2O. The van der Waals surface area contributed by atoms with E-state index < -0.39 is 0 Å². The van der Waals surface area contributed by atoms with Crippen LogP contribution in [0, 0.1) is 0 Å². The highest BCUT2D eigenvalue weighted by Crippen LogP contribution is 2.30. The van der Waals surface area contributed by atoms with E-state index in [1.54, 1.807) is 0 Å². The van der Waals surface area contributed by atoms with Gasteiger partial charge in [-0.05, 0) is 24.3 Å². The Morgan fingerprint density at radius 3 is 2.53 bits per heavy atom. The first-order chi connectivity index (χ1) is 9.11. The van der Waals surface area contributed by atoms with Gasteiger partial charge in [0, 0.05) is 31.0 Å². The summed E-state index contributed by atoms with van der Waals surface area (Å²) in [5, 5.41) is 2.02. The summed E-state index contributed by atoms with van der Waals surface area (Å²) < 4.78 is 6.75. The smallest absolute Gasteiger partial charge is 0.125 e. The minimum absolute atomic E-state index is 0.409. The van der Waals surface area contributed by atoms with Gasteiger partial charge in [0.25, 0.3) is 0 Å². The Kier molecular flexibility index (Phi) is 5.58. The van der Waals surface area contributed by atoms with Crippen molar-refractivity contribution < 1.29 is 4.74 Å². The van der Waals surface area contributed by atoms with Crippen LogP contribution in [0.5, 0.6) is 5.75 Å². The minimum atomic E-state index is 0.409. The maximum atomic E-state index is 6.16. The van der Waals surface area contributed by atoms with E-state index in [0.717, 1.165) is 21.3 Å². The van der Waals surface area contributed by atoms with Crippen LogP contribution in [0.15, 0.2) is 40.9 Å². The third-order valence-corrected chi connectivity index (χ3v) is 4.37. The molecule has 5 heteroatoms. The summed E-state index contributed by atoms with van der Waals surface area (Å²) in [6.45, 7) is 0.409. The first-order valence-electron chi connectivity index (χ1n) is 5.52. The third kappa shape index (κ3) is 3.88. The Bertz CT molecular complexity index is 588. The molecule has 0 atom stereocenters. The number of halogens is 4. The van der Waals surface area contributed by atoms with Crippen LogP contribution in [-0.4, -0.2) is 0 Å². The fraction of sp³-hybridized carbons (Fsp3) is 0.143. The number of ether oxygens (including phenoxy) is 1. The lowest BCUT2D eigenvalue weighted by atomic mass is 10.2. The molecule has 2 rings (SSSR count). The van der Waals surface area contributed by atoms with Crippen LogP contribution in [0.25, 0.3) is 0 Å². The molecular weight excluding hydrogens is 415 g/mol. The number of hydrogen-bond acceptors (Lipinski definition) is 1. The van der Waals surface area contributed by atoms with E-state index in [-0.39, 0.29) is 0 Å². The predicted molar refractivity (Wildman–Crippen MR) is 87.6 cm³/mol. The standard InChI is InChI=1S/C14H10Br2Cl2O/c15-7-11-12(17)2-1-3-14(11)19-8-9-4-5-10(16)6-13(9)18/h1-6H,7-8H2. The van der Waals surface area contributed by atoms with Gasteiger partial charge in [-0.25, -0.2) is 0 Å². The fourth-order valence-corrected chi connectivity index (χ4v) is 3.30. The normalized spacial score (nSPS) is 10.5. The quantitative estimate of drug-likeness (QED) is 0.528. The number of benzene rings is 2. The fourth-order valence-electron chi connectivity index (χ4n) is 1.60. The Hall–Kier alpha value is -0.220. The number of rotatable bonds is 4. The average Bonchev–Trinajstić information content (AvgIpc) is 2.38. The van der Waals surface area contributed by atoms with Gasteiger partial charge in [0.2, 0.25) is 0 Å². The molecule has 0 aliphatic rings. The highest BCUT2D eigenvalue weighted by Gasteiger charge is 2.08. The molecule has 0 aliphatic carbocycles. The SMILES string of the molecule is Clc1cc(Br)ccc1COc1cccc(Cl)c1CBr. The highest BCUT2D eigenvalue weighted by atomic mass is 79.9. The van der Waals surface area contributed by atoms with Crippen LogP contribution in [0.2, 0.25) is 10.0 Å². The summed E-state index contributed by atoms with van der Waals surface area (Å²) in [5.41, 5.74) is 1.88. The zero-order chi connectivity index (χ0) is 13.8. The van der Waals surface area contributed by atoms with Crippen LogP contribution in [0.4, 0.5) is 0 Å². The van der Waals surface area contributed by atoms with E-state index in [0.29, 0.717) is 22.0 Å². The van der Waals surface area contributed by atoms with Crippen LogP contribution < -0.4 is 4.74 Å². The van der Waals surface area contributed by atoms with Gasteiger partial charge < -0.3 is 4.74 Å². The van der Waals surface area contributed by atoms with Gasteiger partial charge in [-0.3, -0.25) is 0 Å². The summed E-state index contributed by atoms with van der Waals surface area (Å²) in [6, 6.07) is 11.3. The lowest BCUT2D eigenvalue weighted by molar-refractivity contribution is 0.304. The van der Waals surface area contributed by atoms with E-state index in [2.05, 4.69) is 31.9 Å². The highest BCUT2D eigenvalue weighted by molar-refractivity contribution is 9.10. The Morgan fingerprint density at radius 2 is 1.84 bits per heavy atom. The van der Waals surface area contributed by atoms with Crippen LogP contribution in [0.1, 0.15) is 11.1 Å². The predicted octanol–water partition coefficient (Wildman–Crippen LogP) is 6.23. The molecule has 0 heterocycles. The van der Waals surface area contributed by atoms with Gasteiger partial charge >= 0.3 is 0 Å². The zero-order valence-electron chi connectivity index (χ0n) is 9.80. The van der Waals surface area contributed by atoms with Gasteiger partial charge in [0.15, 0.2) is 0 Å². The summed E-state index contributed by atoms with van der Waals surface area (Å²) in [4.78, 5) is 0. The van der Waals surface area contributed by atoms with E-state index in [1.807, 2.05) is 36.4 Å². The second-order valence-electron chi connectivity index (χ2n) is 3.87. The van der Waals surface area contributed by atoms with E-state index in [1.165, 1.54) is 0 Å². The molecule has 1 nitrogen and oxygen atoms in total. The van der Waals surface area contributed by atoms with Gasteiger partial charge in [0.1, 0.15) is 12.4 Å². The molecule has 0 aromatic heterocycles. The van der Waals surface area contributed by atoms with Crippen molar-refractivity contribution in [2.24, 2.45) is 0 Å². The maximum Gasteiger partial charge on any atom is 0.125 e. The van der Waals surface area contributed by atoms with E-state index in [4.69, 9.17) is 27.9 Å². The molecule has 0 radical (unpaired) electrons. The van der Waals surface area contributed by atoms with Crippen LogP contribution in [0.3, 0.4) is 0 Å². The molecule has 0 saturated carbocycles. The Balaban J connectivity index is 2.17. The molecule has 100 valence electrons. The molecule has 0 N–H and O–H groups in total. The lowest BCUT2D eigenvalue weighted by Crippen LogP contribution is -1.99. The largest absolute Gasteiger partial charge is 0.488 e. The third-order valence-electron chi connectivity index (χ3n) is 2.61. The van der Waals surface area contributed by atoms with Crippen molar-refractivity contribution in [3.8, 4) is 5.75 Å². The van der Waals surface area contributed by atoms with Crippen LogP contribution >= 0.6 is 55.1 Å². The molecule has 0 amide bonds. The van der Waals surface area contributed by atoms with Crippen molar-refractivity contribution in [1.82, 2.24) is 0 Å². The summed E-state index contributed by atoms with van der Waals surface area (Å²) in [7, 11) is 0. The van der Waals surface area contributed by atoms with Crippen molar-refractivity contribution in [2.45, 2.75) is 11.9 Å². The molecule has 19 heavy (non-hydrogen) atoms. The zero-order valence-corrected chi connectivity index (χ0v) is 14.5. The second kappa shape index (κ2) is 6.98. The summed E-state index contributed by atoms with van der Waals surface area (Å²) in [6.07, 6.45) is 0. The number of alkyl halides is 1. The molecule has 0 fully saturated rings. The molecule has 0 bridgehead atoms. The monoisotopic (exact) mass is 422 g/mol. The lowest BCUT2D eigenvalue weighted by Gasteiger charge is -2.12. The van der Waals surface area contributed by atoms with Gasteiger partial charge in [-0.15, -0.1) is 0 Å². The molecule has 0 unspecified atom stereocenters. The molecule has 2 aromatic rings. The summed E-state index contributed by atoms with van der Waals surface area (Å²) in [5.74, 6) is 0.767. The Morgan fingerprint density at radius 1 is 1.05 bits per heavy atom. The molecule has 0 aliphatic heterocycles. The summed E-state index contributed by atoms with van der Waals surface area (Å²) >= 11 is 19.1. The topological polar surface area (TPSA) is 9.23 Å². The molecule has 0 spiro atoms. The first kappa shape index (κ1) is 15.2. The minimum Gasteiger partial charge on any atom is -0.488 e. The van der Waals surface area contributed by atoms with E-state index >= 15 is 0 Å². The van der Waals surface area contributed by atoms with E-state index in [9.17, 15) is 0 Å². The average molecular weight is 425 g/mol.